The number of benzene rings is 1. The van der Waals surface area contributed by atoms with Gasteiger partial charge in [0.15, 0.2) is 11.5 Å². The molecule has 2 aromatic rings. The Morgan fingerprint density at radius 3 is 1.95 bits per heavy atom. The third kappa shape index (κ3) is 18.6. The minimum Gasteiger partial charge on any atom is -0.504 e. The summed E-state index contributed by atoms with van der Waals surface area (Å²) in [5.74, 6) is -1.27. The zero-order valence-electron chi connectivity index (χ0n) is 24.1. The second-order valence-corrected chi connectivity index (χ2v) is 9.09. The van der Waals surface area contributed by atoms with Crippen LogP contribution >= 0.6 is 0 Å². The number of ether oxygens (including phenoxy) is 5. The van der Waals surface area contributed by atoms with Gasteiger partial charge in [0.25, 0.3) is 0 Å². The molecule has 1 aromatic carbocycles. The van der Waals surface area contributed by atoms with Crippen molar-refractivity contribution >= 4 is 11.9 Å². The highest BCUT2D eigenvalue weighted by atomic mass is 16.6. The molecule has 0 radical (unpaired) electrons. The Hall–Kier alpha value is -3.30. The lowest BCUT2D eigenvalue weighted by Gasteiger charge is -2.07. The zero-order chi connectivity index (χ0) is 30.3. The summed E-state index contributed by atoms with van der Waals surface area (Å²) in [6.07, 6.45) is 3.38. The molecule has 4 N–H and O–H groups in total. The number of carboxylic acids is 1. The maximum atomic E-state index is 11.0. The molecule has 0 saturated heterocycles. The second kappa shape index (κ2) is 22.4. The first kappa shape index (κ1) is 35.7. The van der Waals surface area contributed by atoms with Gasteiger partial charge in [0.2, 0.25) is 5.91 Å². The van der Waals surface area contributed by atoms with Gasteiger partial charge in [0, 0.05) is 20.0 Å². The van der Waals surface area contributed by atoms with E-state index in [1.807, 2.05) is 10.9 Å². The molecular formula is C27H44N4O10. The third-order valence-corrected chi connectivity index (χ3v) is 5.23. The SMILES string of the molecule is CNC(=O)CCOCCOCCOCCOCCOCc1cn(CCC(C)C)nn1.O=C(O)c1ccc(O)c(O)c1. The number of carbonyl (C=O) groups excluding carboxylic acids is 1. The van der Waals surface area contributed by atoms with E-state index in [2.05, 4.69) is 29.5 Å². The van der Waals surface area contributed by atoms with Crippen molar-refractivity contribution in [2.75, 3.05) is 66.5 Å². The molecule has 0 aliphatic rings. The van der Waals surface area contributed by atoms with Crippen molar-refractivity contribution in [3.05, 3.63) is 35.7 Å². The van der Waals surface area contributed by atoms with Crippen LogP contribution in [0.2, 0.25) is 0 Å². The smallest absolute Gasteiger partial charge is 0.335 e. The number of amides is 1. The summed E-state index contributed by atoms with van der Waals surface area (Å²) < 4.78 is 28.9. The number of aromatic hydroxyl groups is 2. The number of phenolic OH excluding ortho intramolecular Hbond substituents is 2. The fourth-order valence-corrected chi connectivity index (χ4v) is 2.91. The van der Waals surface area contributed by atoms with Crippen LogP contribution in [0, 0.1) is 5.92 Å². The van der Waals surface area contributed by atoms with Gasteiger partial charge >= 0.3 is 5.97 Å². The molecule has 0 bridgehead atoms. The zero-order valence-corrected chi connectivity index (χ0v) is 24.1. The first-order chi connectivity index (χ1) is 19.7. The van der Waals surface area contributed by atoms with E-state index in [1.165, 1.54) is 6.07 Å². The predicted molar refractivity (Wildman–Crippen MR) is 148 cm³/mol. The van der Waals surface area contributed by atoms with E-state index in [0.29, 0.717) is 78.4 Å². The molecule has 0 aliphatic carbocycles. The number of phenols is 2. The van der Waals surface area contributed by atoms with Crippen LogP contribution in [-0.2, 0) is 41.6 Å². The summed E-state index contributed by atoms with van der Waals surface area (Å²) in [7, 11) is 1.61. The summed E-state index contributed by atoms with van der Waals surface area (Å²) in [5, 5.41) is 36.8. The standard InChI is InChI=1S/C20H38N4O6.C7H6O4/c1-18(2)4-6-24-16-19(22-23-24)17-30-15-14-29-13-12-28-11-10-27-9-8-26-7-5-20(25)21-3;8-5-2-1-4(7(10)11)3-6(5)9/h16,18H,4-15,17H2,1-3H3,(H,21,25);1-3,8-9H,(H,10,11). The number of carboxylic acid groups (broad SMARTS) is 1. The van der Waals surface area contributed by atoms with E-state index < -0.39 is 11.7 Å². The third-order valence-electron chi connectivity index (χ3n) is 5.23. The van der Waals surface area contributed by atoms with Gasteiger partial charge in [-0.1, -0.05) is 19.1 Å². The summed E-state index contributed by atoms with van der Waals surface area (Å²) in [5.41, 5.74) is 0.777. The monoisotopic (exact) mass is 584 g/mol. The van der Waals surface area contributed by atoms with E-state index in [0.717, 1.165) is 30.8 Å². The number of carbonyl (C=O) groups is 2. The van der Waals surface area contributed by atoms with E-state index in [9.17, 15) is 9.59 Å². The summed E-state index contributed by atoms with van der Waals surface area (Å²) in [4.78, 5) is 21.3. The Morgan fingerprint density at radius 1 is 0.878 bits per heavy atom. The first-order valence-electron chi connectivity index (χ1n) is 13.5. The molecule has 2 rings (SSSR count). The summed E-state index contributed by atoms with van der Waals surface area (Å²) in [6.45, 7) is 10.1. The van der Waals surface area contributed by atoms with Crippen molar-refractivity contribution < 1.29 is 48.6 Å². The number of rotatable bonds is 21. The Labute approximate surface area is 240 Å². The van der Waals surface area contributed by atoms with Crippen LogP contribution in [0.3, 0.4) is 0 Å². The quantitative estimate of drug-likeness (QED) is 0.124. The van der Waals surface area contributed by atoms with Crippen LogP contribution in [0.25, 0.3) is 0 Å². The number of nitrogens with zero attached hydrogens (tertiary/aromatic N) is 3. The highest BCUT2D eigenvalue weighted by molar-refractivity contribution is 5.88. The van der Waals surface area contributed by atoms with Crippen molar-refractivity contribution in [3.8, 4) is 11.5 Å². The number of aromatic carboxylic acids is 1. The van der Waals surface area contributed by atoms with Crippen molar-refractivity contribution in [1.82, 2.24) is 20.3 Å². The second-order valence-electron chi connectivity index (χ2n) is 9.09. The maximum absolute atomic E-state index is 11.0. The van der Waals surface area contributed by atoms with Gasteiger partial charge in [0.1, 0.15) is 5.69 Å². The number of aromatic nitrogens is 3. The number of aryl methyl sites for hydroxylation is 1. The van der Waals surface area contributed by atoms with Crippen LogP contribution in [0.15, 0.2) is 24.4 Å². The average molecular weight is 585 g/mol. The van der Waals surface area contributed by atoms with Gasteiger partial charge in [0.05, 0.1) is 77.8 Å². The van der Waals surface area contributed by atoms with Gasteiger partial charge in [-0.25, -0.2) is 4.79 Å². The van der Waals surface area contributed by atoms with Gasteiger partial charge in [-0.15, -0.1) is 5.10 Å². The molecule has 14 heteroatoms. The molecule has 14 nitrogen and oxygen atoms in total. The Balaban J connectivity index is 0.000000634. The molecule has 0 unspecified atom stereocenters. The van der Waals surface area contributed by atoms with Crippen LogP contribution in [0.4, 0.5) is 0 Å². The number of hydrogen-bond donors (Lipinski definition) is 4. The fourth-order valence-electron chi connectivity index (χ4n) is 2.91. The molecule has 1 amide bonds. The van der Waals surface area contributed by atoms with Crippen LogP contribution < -0.4 is 5.32 Å². The Morgan fingerprint density at radius 2 is 1.44 bits per heavy atom. The van der Waals surface area contributed by atoms with Crippen molar-refractivity contribution in [2.45, 2.75) is 39.8 Å². The first-order valence-corrected chi connectivity index (χ1v) is 13.5. The van der Waals surface area contributed by atoms with E-state index >= 15 is 0 Å². The Bertz CT molecular complexity index is 987. The molecule has 1 aromatic heterocycles. The van der Waals surface area contributed by atoms with Crippen LogP contribution in [0.1, 0.15) is 42.7 Å². The van der Waals surface area contributed by atoms with Gasteiger partial charge < -0.3 is 44.3 Å². The normalized spacial score (nSPS) is 10.8. The largest absolute Gasteiger partial charge is 0.504 e. The average Bonchev–Trinajstić information content (AvgIpc) is 3.41. The van der Waals surface area contributed by atoms with E-state index in [4.69, 9.17) is 39.0 Å². The van der Waals surface area contributed by atoms with Gasteiger partial charge in [-0.05, 0) is 30.5 Å². The minimum atomic E-state index is -1.14. The Kier molecular flexibility index (Phi) is 19.5. The molecule has 0 fully saturated rings. The summed E-state index contributed by atoms with van der Waals surface area (Å²) in [6, 6.07) is 3.31. The maximum Gasteiger partial charge on any atom is 0.335 e. The predicted octanol–water partition coefficient (Wildman–Crippen LogP) is 1.84. The van der Waals surface area contributed by atoms with Gasteiger partial charge in [-0.3, -0.25) is 9.48 Å². The summed E-state index contributed by atoms with van der Waals surface area (Å²) >= 11 is 0. The number of nitrogens with one attached hydrogen (secondary N) is 1. The van der Waals surface area contributed by atoms with Crippen molar-refractivity contribution in [2.24, 2.45) is 5.92 Å². The topological polar surface area (TPSA) is 184 Å². The molecule has 0 saturated carbocycles. The highest BCUT2D eigenvalue weighted by Crippen LogP contribution is 2.24. The lowest BCUT2D eigenvalue weighted by Crippen LogP contribution is -2.20. The molecule has 0 spiro atoms. The number of hydrogen-bond acceptors (Lipinski definition) is 11. The van der Waals surface area contributed by atoms with Crippen LogP contribution in [-0.4, -0.2) is 109 Å². The van der Waals surface area contributed by atoms with E-state index in [-0.39, 0.29) is 17.2 Å². The minimum absolute atomic E-state index is 0.0281. The molecular weight excluding hydrogens is 540 g/mol. The molecule has 1 heterocycles. The van der Waals surface area contributed by atoms with Crippen molar-refractivity contribution in [1.29, 1.82) is 0 Å². The van der Waals surface area contributed by atoms with Gasteiger partial charge in [-0.2, -0.15) is 0 Å². The molecule has 232 valence electrons. The molecule has 41 heavy (non-hydrogen) atoms. The lowest BCUT2D eigenvalue weighted by molar-refractivity contribution is -0.121. The van der Waals surface area contributed by atoms with Crippen LogP contribution in [0.5, 0.6) is 11.5 Å². The molecule has 0 aliphatic heterocycles. The van der Waals surface area contributed by atoms with E-state index in [1.54, 1.807) is 7.05 Å². The highest BCUT2D eigenvalue weighted by Gasteiger charge is 2.06. The lowest BCUT2D eigenvalue weighted by atomic mass is 10.1. The molecule has 0 atom stereocenters. The fraction of sp³-hybridized carbons (Fsp3) is 0.630. The van der Waals surface area contributed by atoms with Crippen molar-refractivity contribution in [3.63, 3.8) is 0 Å².